The van der Waals surface area contributed by atoms with E-state index < -0.39 is 5.97 Å². The summed E-state index contributed by atoms with van der Waals surface area (Å²) in [7, 11) is 0. The highest BCUT2D eigenvalue weighted by Gasteiger charge is 2.18. The van der Waals surface area contributed by atoms with Gasteiger partial charge < -0.3 is 5.11 Å². The minimum atomic E-state index is -0.894. The van der Waals surface area contributed by atoms with E-state index in [-0.39, 0.29) is 0 Å². The number of nitrogens with zero attached hydrogens (tertiary/aromatic N) is 1. The smallest absolute Gasteiger partial charge is 0.347 e. The fraction of sp³-hybridized carbons (Fsp3) is 0.286. The molecule has 0 fully saturated rings. The third-order valence-corrected chi connectivity index (χ3v) is 4.19. The first kappa shape index (κ1) is 14.2. The highest BCUT2D eigenvalue weighted by atomic mass is 79.9. The van der Waals surface area contributed by atoms with Crippen molar-refractivity contribution in [1.29, 1.82) is 0 Å². The minimum absolute atomic E-state index is 0.351. The lowest BCUT2D eigenvalue weighted by Crippen LogP contribution is -2.02. The lowest BCUT2D eigenvalue weighted by molar-refractivity contribution is 0.0700. The summed E-state index contributed by atoms with van der Waals surface area (Å²) in [5, 5.41) is 10.0. The minimum Gasteiger partial charge on any atom is -0.477 e. The predicted molar refractivity (Wildman–Crippen MR) is 80.8 cm³/mol. The summed E-state index contributed by atoms with van der Waals surface area (Å²) in [6.07, 6.45) is 0.687. The van der Waals surface area contributed by atoms with Crippen molar-refractivity contribution in [3.05, 3.63) is 39.3 Å². The molecule has 2 aromatic rings. The molecule has 0 saturated heterocycles. The van der Waals surface area contributed by atoms with E-state index in [1.54, 1.807) is 0 Å². The zero-order chi connectivity index (χ0) is 14.0. The molecule has 1 heterocycles. The van der Waals surface area contributed by atoms with Crippen molar-refractivity contribution >= 4 is 33.2 Å². The van der Waals surface area contributed by atoms with Gasteiger partial charge in [-0.2, -0.15) is 0 Å². The summed E-state index contributed by atoms with van der Waals surface area (Å²) >= 11 is 4.65. The molecule has 0 amide bonds. The summed E-state index contributed by atoms with van der Waals surface area (Å²) in [4.78, 5) is 16.1. The monoisotopic (exact) mass is 339 g/mol. The number of carbonyl (C=O) groups is 1. The maximum absolute atomic E-state index is 11.3. The van der Waals surface area contributed by atoms with Gasteiger partial charge in [0.1, 0.15) is 9.88 Å². The van der Waals surface area contributed by atoms with Crippen molar-refractivity contribution in [3.63, 3.8) is 0 Å². The summed E-state index contributed by atoms with van der Waals surface area (Å²) in [5.74, 6) is -0.509. The van der Waals surface area contributed by atoms with Crippen LogP contribution in [0.3, 0.4) is 0 Å². The maximum atomic E-state index is 11.3. The third kappa shape index (κ3) is 3.42. The molecule has 0 spiro atoms. The highest BCUT2D eigenvalue weighted by Crippen LogP contribution is 2.30. The second-order valence-electron chi connectivity index (χ2n) is 4.71. The lowest BCUT2D eigenvalue weighted by Gasteiger charge is -2.01. The Morgan fingerprint density at radius 2 is 2.21 bits per heavy atom. The van der Waals surface area contributed by atoms with Crippen LogP contribution in [0, 0.1) is 5.92 Å². The van der Waals surface area contributed by atoms with Gasteiger partial charge >= 0.3 is 5.97 Å². The summed E-state index contributed by atoms with van der Waals surface area (Å²) in [6.45, 7) is 4.12. The van der Waals surface area contributed by atoms with Crippen LogP contribution >= 0.6 is 27.3 Å². The fourth-order valence-electron chi connectivity index (χ4n) is 1.79. The van der Waals surface area contributed by atoms with Crippen LogP contribution < -0.4 is 0 Å². The van der Waals surface area contributed by atoms with Crippen molar-refractivity contribution in [2.45, 2.75) is 20.3 Å². The molecule has 1 N–H and O–H groups in total. The second kappa shape index (κ2) is 5.84. The Labute approximate surface area is 124 Å². The molecule has 5 heteroatoms. The topological polar surface area (TPSA) is 50.2 Å². The average molecular weight is 340 g/mol. The Morgan fingerprint density at radius 3 is 2.79 bits per heavy atom. The van der Waals surface area contributed by atoms with Crippen molar-refractivity contribution in [2.24, 2.45) is 5.92 Å². The average Bonchev–Trinajstić information content (AvgIpc) is 2.72. The van der Waals surface area contributed by atoms with Gasteiger partial charge in [0.25, 0.3) is 0 Å². The molecule has 0 aliphatic carbocycles. The van der Waals surface area contributed by atoms with Crippen molar-refractivity contribution in [1.82, 2.24) is 4.98 Å². The van der Waals surface area contributed by atoms with Gasteiger partial charge in [0.05, 0.1) is 5.69 Å². The van der Waals surface area contributed by atoms with E-state index in [1.807, 2.05) is 24.3 Å². The van der Waals surface area contributed by atoms with Crippen molar-refractivity contribution in [3.8, 4) is 10.6 Å². The van der Waals surface area contributed by atoms with Gasteiger partial charge in [-0.15, -0.1) is 11.3 Å². The van der Waals surface area contributed by atoms with Crippen LogP contribution in [0.15, 0.2) is 28.7 Å². The number of halogens is 1. The molecule has 0 atom stereocenters. The van der Waals surface area contributed by atoms with Crippen LogP contribution in [-0.2, 0) is 6.42 Å². The molecule has 1 aromatic heterocycles. The van der Waals surface area contributed by atoms with E-state index in [2.05, 4.69) is 34.8 Å². The third-order valence-electron chi connectivity index (χ3n) is 2.56. The van der Waals surface area contributed by atoms with Crippen LogP contribution in [0.2, 0.25) is 0 Å². The number of aromatic carboxylic acids is 1. The van der Waals surface area contributed by atoms with Gasteiger partial charge in [-0.3, -0.25) is 0 Å². The first-order valence-electron chi connectivity index (χ1n) is 5.96. The number of carboxylic acids is 1. The summed E-state index contributed by atoms with van der Waals surface area (Å²) in [5.41, 5.74) is 1.62. The number of carboxylic acid groups (broad SMARTS) is 1. The van der Waals surface area contributed by atoms with Crippen LogP contribution in [-0.4, -0.2) is 16.1 Å². The first-order valence-corrected chi connectivity index (χ1v) is 7.57. The normalized spacial score (nSPS) is 10.9. The number of hydrogen-bond acceptors (Lipinski definition) is 3. The molecule has 0 bridgehead atoms. The van der Waals surface area contributed by atoms with Gasteiger partial charge in [0, 0.05) is 10.0 Å². The van der Waals surface area contributed by atoms with Gasteiger partial charge in [-0.25, -0.2) is 9.78 Å². The van der Waals surface area contributed by atoms with E-state index >= 15 is 0 Å². The molecule has 0 unspecified atom stereocenters. The maximum Gasteiger partial charge on any atom is 0.347 e. The fourth-order valence-corrected chi connectivity index (χ4v) is 3.12. The van der Waals surface area contributed by atoms with Crippen molar-refractivity contribution in [2.75, 3.05) is 0 Å². The van der Waals surface area contributed by atoms with Crippen molar-refractivity contribution < 1.29 is 9.90 Å². The van der Waals surface area contributed by atoms with E-state index in [0.717, 1.165) is 15.0 Å². The Kier molecular flexibility index (Phi) is 4.37. The predicted octanol–water partition coefficient (Wildman–Crippen LogP) is 4.47. The molecule has 0 aliphatic rings. The van der Waals surface area contributed by atoms with Gasteiger partial charge in [0.15, 0.2) is 0 Å². The van der Waals surface area contributed by atoms with E-state index in [4.69, 9.17) is 0 Å². The molecular formula is C14H14BrNO2S. The number of benzene rings is 1. The van der Waals surface area contributed by atoms with E-state index in [1.165, 1.54) is 11.3 Å². The number of thiazole rings is 1. The van der Waals surface area contributed by atoms with Gasteiger partial charge in [-0.1, -0.05) is 41.9 Å². The highest BCUT2D eigenvalue weighted by molar-refractivity contribution is 9.10. The Bertz CT molecular complexity index is 607. The standard InChI is InChI=1S/C14H14BrNO2S/c1-8(2)6-11-12(14(17)18)19-13(16-11)9-4-3-5-10(15)7-9/h3-5,7-8H,6H2,1-2H3,(H,17,18). The molecule has 19 heavy (non-hydrogen) atoms. The number of aromatic nitrogens is 1. The molecule has 1 aromatic carbocycles. The quantitative estimate of drug-likeness (QED) is 0.893. The summed E-state index contributed by atoms with van der Waals surface area (Å²) < 4.78 is 0.961. The zero-order valence-corrected chi connectivity index (χ0v) is 13.1. The molecule has 0 saturated carbocycles. The van der Waals surface area contributed by atoms with E-state index in [0.29, 0.717) is 22.9 Å². The van der Waals surface area contributed by atoms with Crippen LogP contribution in [0.1, 0.15) is 29.2 Å². The Balaban J connectivity index is 2.45. The molecule has 2 rings (SSSR count). The molecule has 3 nitrogen and oxygen atoms in total. The van der Waals surface area contributed by atoms with E-state index in [9.17, 15) is 9.90 Å². The lowest BCUT2D eigenvalue weighted by atomic mass is 10.1. The van der Waals surface area contributed by atoms with Crippen LogP contribution in [0.25, 0.3) is 10.6 Å². The summed E-state index contributed by atoms with van der Waals surface area (Å²) in [6, 6.07) is 7.74. The second-order valence-corrected chi connectivity index (χ2v) is 6.62. The molecule has 0 aliphatic heterocycles. The Morgan fingerprint density at radius 1 is 1.47 bits per heavy atom. The van der Waals surface area contributed by atoms with Gasteiger partial charge in [0.2, 0.25) is 0 Å². The Hall–Kier alpha value is -1.20. The van der Waals surface area contributed by atoms with Crippen LogP contribution in [0.5, 0.6) is 0 Å². The van der Waals surface area contributed by atoms with Crippen LogP contribution in [0.4, 0.5) is 0 Å². The molecule has 0 radical (unpaired) electrons. The van der Waals surface area contributed by atoms with Gasteiger partial charge in [-0.05, 0) is 24.5 Å². The number of rotatable bonds is 4. The zero-order valence-electron chi connectivity index (χ0n) is 10.7. The molecular weight excluding hydrogens is 326 g/mol. The first-order chi connectivity index (χ1) is 8.97. The molecule has 100 valence electrons. The number of hydrogen-bond donors (Lipinski definition) is 1. The largest absolute Gasteiger partial charge is 0.477 e. The SMILES string of the molecule is CC(C)Cc1nc(-c2cccc(Br)c2)sc1C(=O)O.